The van der Waals surface area contributed by atoms with Crippen molar-refractivity contribution in [3.05, 3.63) is 45.7 Å². The normalized spacial score (nSPS) is 11.4. The number of hydrogen-bond acceptors (Lipinski definition) is 2. The molecule has 104 valence electrons. The van der Waals surface area contributed by atoms with Crippen molar-refractivity contribution in [3.63, 3.8) is 0 Å². The predicted molar refractivity (Wildman–Crippen MR) is 67.8 cm³/mol. The van der Waals surface area contributed by atoms with Gasteiger partial charge >= 0.3 is 6.18 Å². The van der Waals surface area contributed by atoms with Crippen LogP contribution in [-0.4, -0.2) is 9.78 Å². The van der Waals surface area contributed by atoms with Gasteiger partial charge in [-0.3, -0.25) is 0 Å². The average Bonchev–Trinajstić information content (AvgIpc) is 2.64. The second-order valence-corrected chi connectivity index (χ2v) is 4.61. The molecule has 0 saturated heterocycles. The zero-order chi connectivity index (χ0) is 15.1. The quantitative estimate of drug-likeness (QED) is 0.797. The van der Waals surface area contributed by atoms with Gasteiger partial charge in [0, 0.05) is 0 Å². The molecule has 20 heavy (non-hydrogen) atoms. The van der Waals surface area contributed by atoms with Crippen molar-refractivity contribution in [2.24, 2.45) is 0 Å². The Bertz CT molecular complexity index is 711. The fourth-order valence-electron chi connectivity index (χ4n) is 1.88. The van der Waals surface area contributed by atoms with E-state index in [2.05, 4.69) is 5.10 Å². The number of benzene rings is 1. The summed E-state index contributed by atoms with van der Waals surface area (Å²) in [5.41, 5.74) is 0.132. The van der Waals surface area contributed by atoms with Crippen LogP contribution in [0.25, 0.3) is 5.69 Å². The van der Waals surface area contributed by atoms with E-state index in [9.17, 15) is 13.2 Å². The number of hydrogen-bond donors (Lipinski definition) is 0. The van der Waals surface area contributed by atoms with E-state index in [1.165, 1.54) is 10.7 Å². The zero-order valence-electron chi connectivity index (χ0n) is 10.6. The van der Waals surface area contributed by atoms with Crippen molar-refractivity contribution < 1.29 is 13.2 Å². The lowest BCUT2D eigenvalue weighted by Crippen LogP contribution is -2.09. The summed E-state index contributed by atoms with van der Waals surface area (Å²) in [6, 6.07) is 4.85. The second-order valence-electron chi connectivity index (χ2n) is 4.24. The summed E-state index contributed by atoms with van der Waals surface area (Å²) in [6.45, 7) is 3.40. The molecular formula is C13H9ClF3N3. The summed E-state index contributed by atoms with van der Waals surface area (Å²) in [6.07, 6.45) is -4.56. The van der Waals surface area contributed by atoms with Crippen LogP contribution in [0.3, 0.4) is 0 Å². The molecule has 0 fully saturated rings. The first-order valence-corrected chi connectivity index (χ1v) is 5.97. The lowest BCUT2D eigenvalue weighted by atomic mass is 10.1. The Kier molecular flexibility index (Phi) is 3.48. The van der Waals surface area contributed by atoms with Gasteiger partial charge in [-0.25, -0.2) is 4.68 Å². The third kappa shape index (κ3) is 2.37. The highest BCUT2D eigenvalue weighted by molar-refractivity contribution is 6.31. The van der Waals surface area contributed by atoms with Crippen LogP contribution in [0.2, 0.25) is 5.02 Å². The van der Waals surface area contributed by atoms with Crippen molar-refractivity contribution in [1.29, 1.82) is 5.26 Å². The number of nitriles is 1. The summed E-state index contributed by atoms with van der Waals surface area (Å²) in [5.74, 6) is 0. The molecule has 0 unspecified atom stereocenters. The molecule has 0 bridgehead atoms. The van der Waals surface area contributed by atoms with Crippen LogP contribution in [0, 0.1) is 25.2 Å². The molecule has 2 rings (SSSR count). The third-order valence-corrected chi connectivity index (χ3v) is 3.42. The molecule has 7 heteroatoms. The minimum atomic E-state index is -4.56. The van der Waals surface area contributed by atoms with Crippen LogP contribution < -0.4 is 0 Å². The Balaban J connectivity index is 2.61. The van der Waals surface area contributed by atoms with Gasteiger partial charge in [0.1, 0.15) is 0 Å². The highest BCUT2D eigenvalue weighted by Gasteiger charge is 2.33. The Morgan fingerprint density at radius 2 is 1.95 bits per heavy atom. The van der Waals surface area contributed by atoms with E-state index in [0.29, 0.717) is 22.1 Å². The third-order valence-electron chi connectivity index (χ3n) is 2.88. The van der Waals surface area contributed by atoms with E-state index in [1.807, 2.05) is 0 Å². The molecule has 0 spiro atoms. The highest BCUT2D eigenvalue weighted by atomic mass is 35.5. The molecule has 0 aliphatic rings. The molecule has 0 aliphatic heterocycles. The Morgan fingerprint density at radius 1 is 1.30 bits per heavy atom. The van der Waals surface area contributed by atoms with Crippen LogP contribution in [0.4, 0.5) is 13.2 Å². The fourth-order valence-corrected chi connectivity index (χ4v) is 2.00. The van der Waals surface area contributed by atoms with Gasteiger partial charge in [0.25, 0.3) is 0 Å². The van der Waals surface area contributed by atoms with E-state index < -0.39 is 17.3 Å². The summed E-state index contributed by atoms with van der Waals surface area (Å²) in [5, 5.41) is 13.5. The molecule has 1 heterocycles. The van der Waals surface area contributed by atoms with Crippen molar-refractivity contribution in [2.75, 3.05) is 0 Å². The molecule has 1 aromatic heterocycles. The summed E-state index contributed by atoms with van der Waals surface area (Å²) in [7, 11) is 0. The standard InChI is InChI=1S/C13H9ClF3N3/c1-7-12(14)8(2)20(19-7)10-3-4-11(13(15,16)17)9(5-10)6-18/h3-5H,1-2H3. The molecule has 1 aromatic carbocycles. The van der Waals surface area contributed by atoms with Crippen LogP contribution in [0.5, 0.6) is 0 Å². The molecule has 0 saturated carbocycles. The van der Waals surface area contributed by atoms with Crippen molar-refractivity contribution >= 4 is 11.6 Å². The average molecular weight is 300 g/mol. The van der Waals surface area contributed by atoms with Gasteiger partial charge in [-0.05, 0) is 32.0 Å². The van der Waals surface area contributed by atoms with Gasteiger partial charge in [0.15, 0.2) is 0 Å². The topological polar surface area (TPSA) is 41.6 Å². The molecule has 0 N–H and O–H groups in total. The fraction of sp³-hybridized carbons (Fsp3) is 0.231. The molecule has 0 aliphatic carbocycles. The first kappa shape index (κ1) is 14.4. The van der Waals surface area contributed by atoms with Crippen LogP contribution >= 0.6 is 11.6 Å². The lowest BCUT2D eigenvalue weighted by Gasteiger charge is -2.11. The van der Waals surface area contributed by atoms with Crippen LogP contribution in [0.1, 0.15) is 22.5 Å². The molecule has 0 radical (unpaired) electrons. The second kappa shape index (κ2) is 4.84. The van der Waals surface area contributed by atoms with Gasteiger partial charge in [0.05, 0.1) is 39.3 Å². The lowest BCUT2D eigenvalue weighted by molar-refractivity contribution is -0.137. The number of alkyl halides is 3. The number of halogens is 4. The Morgan fingerprint density at radius 3 is 2.40 bits per heavy atom. The summed E-state index contributed by atoms with van der Waals surface area (Å²) in [4.78, 5) is 0. The number of aromatic nitrogens is 2. The first-order valence-electron chi connectivity index (χ1n) is 5.59. The number of nitrogens with zero attached hydrogens (tertiary/aromatic N) is 3. The molecular weight excluding hydrogens is 291 g/mol. The van der Waals surface area contributed by atoms with E-state index in [4.69, 9.17) is 16.9 Å². The zero-order valence-corrected chi connectivity index (χ0v) is 11.3. The number of aryl methyl sites for hydroxylation is 1. The van der Waals surface area contributed by atoms with E-state index >= 15 is 0 Å². The maximum absolute atomic E-state index is 12.7. The number of rotatable bonds is 1. The largest absolute Gasteiger partial charge is 0.417 e. The summed E-state index contributed by atoms with van der Waals surface area (Å²) >= 11 is 6.00. The van der Waals surface area contributed by atoms with Gasteiger partial charge in [-0.2, -0.15) is 23.5 Å². The van der Waals surface area contributed by atoms with E-state index in [0.717, 1.165) is 12.1 Å². The van der Waals surface area contributed by atoms with E-state index in [-0.39, 0.29) is 0 Å². The van der Waals surface area contributed by atoms with Crippen LogP contribution in [0.15, 0.2) is 18.2 Å². The highest BCUT2D eigenvalue weighted by Crippen LogP contribution is 2.33. The molecule has 0 amide bonds. The maximum atomic E-state index is 12.7. The van der Waals surface area contributed by atoms with E-state index in [1.54, 1.807) is 19.9 Å². The predicted octanol–water partition coefficient (Wildman–Crippen LogP) is 4.03. The molecule has 3 nitrogen and oxygen atoms in total. The minimum Gasteiger partial charge on any atom is -0.236 e. The minimum absolute atomic E-state index is 0.363. The monoisotopic (exact) mass is 299 g/mol. The maximum Gasteiger partial charge on any atom is 0.417 e. The summed E-state index contributed by atoms with van der Waals surface area (Å²) < 4.78 is 39.6. The van der Waals surface area contributed by atoms with Gasteiger partial charge in [0.2, 0.25) is 0 Å². The first-order chi connectivity index (χ1) is 9.25. The SMILES string of the molecule is Cc1nn(-c2ccc(C(F)(F)F)c(C#N)c2)c(C)c1Cl. The Labute approximate surface area is 118 Å². The van der Waals surface area contributed by atoms with Gasteiger partial charge < -0.3 is 0 Å². The van der Waals surface area contributed by atoms with Crippen LogP contribution in [-0.2, 0) is 6.18 Å². The van der Waals surface area contributed by atoms with Crippen molar-refractivity contribution in [1.82, 2.24) is 9.78 Å². The Hall–Kier alpha value is -2.00. The smallest absolute Gasteiger partial charge is 0.236 e. The molecule has 0 atom stereocenters. The van der Waals surface area contributed by atoms with Crippen molar-refractivity contribution in [3.8, 4) is 11.8 Å². The molecule has 2 aromatic rings. The van der Waals surface area contributed by atoms with Gasteiger partial charge in [-0.15, -0.1) is 0 Å². The van der Waals surface area contributed by atoms with Gasteiger partial charge in [-0.1, -0.05) is 11.6 Å². The van der Waals surface area contributed by atoms with Crippen molar-refractivity contribution in [2.45, 2.75) is 20.0 Å².